The first kappa shape index (κ1) is 11.3. The molecule has 1 aromatic carbocycles. The maximum atomic E-state index is 11.2. The van der Waals surface area contributed by atoms with E-state index in [1.54, 1.807) is 31.4 Å². The Bertz CT molecular complexity index is 451. The van der Waals surface area contributed by atoms with Crippen LogP contribution in [0.1, 0.15) is 0 Å². The van der Waals surface area contributed by atoms with Gasteiger partial charge >= 0.3 is 5.97 Å². The van der Waals surface area contributed by atoms with Crippen molar-refractivity contribution in [2.45, 2.75) is 6.04 Å². The molecule has 1 saturated heterocycles. The normalized spacial score (nSPS) is 19.7. The lowest BCUT2D eigenvalue weighted by molar-refractivity contribution is -0.139. The standard InChI is InChI=1S/C11H10N2O4/c1-16-8-4-2-7(3-5-8)12-13-10-9(14)6-17-11(10)15/h2-5,10H,6H2,1H3. The van der Waals surface area contributed by atoms with Gasteiger partial charge in [0.05, 0.1) is 12.8 Å². The largest absolute Gasteiger partial charge is 0.497 e. The molecule has 1 aromatic rings. The van der Waals surface area contributed by atoms with Gasteiger partial charge in [-0.2, -0.15) is 10.2 Å². The molecule has 17 heavy (non-hydrogen) atoms. The van der Waals surface area contributed by atoms with Gasteiger partial charge < -0.3 is 9.47 Å². The summed E-state index contributed by atoms with van der Waals surface area (Å²) in [6, 6.07) is 5.66. The fraction of sp³-hybridized carbons (Fsp3) is 0.273. The van der Waals surface area contributed by atoms with Crippen molar-refractivity contribution >= 4 is 17.4 Å². The molecule has 0 bridgehead atoms. The fourth-order valence-electron chi connectivity index (χ4n) is 1.32. The lowest BCUT2D eigenvalue weighted by Gasteiger charge is -1.98. The number of nitrogens with zero attached hydrogens (tertiary/aromatic N) is 2. The van der Waals surface area contributed by atoms with Gasteiger partial charge in [0.15, 0.2) is 6.61 Å². The maximum absolute atomic E-state index is 11.2. The van der Waals surface area contributed by atoms with Crippen LogP contribution in [0.15, 0.2) is 34.5 Å². The Balaban J connectivity index is 2.09. The van der Waals surface area contributed by atoms with Gasteiger partial charge in [-0.25, -0.2) is 4.79 Å². The van der Waals surface area contributed by atoms with E-state index in [0.29, 0.717) is 11.4 Å². The highest BCUT2D eigenvalue weighted by Gasteiger charge is 2.35. The molecule has 0 aliphatic carbocycles. The molecular formula is C11H10N2O4. The highest BCUT2D eigenvalue weighted by Crippen LogP contribution is 2.19. The lowest BCUT2D eigenvalue weighted by Crippen LogP contribution is -2.18. The molecule has 0 saturated carbocycles. The number of carbonyl (C=O) groups excluding carboxylic acids is 2. The molecule has 1 unspecified atom stereocenters. The quantitative estimate of drug-likeness (QED) is 0.448. The van der Waals surface area contributed by atoms with Gasteiger partial charge in [0, 0.05) is 0 Å². The number of hydrogen-bond acceptors (Lipinski definition) is 6. The number of rotatable bonds is 3. The first-order chi connectivity index (χ1) is 8.20. The number of methoxy groups -OCH3 is 1. The summed E-state index contributed by atoms with van der Waals surface area (Å²) < 4.78 is 9.52. The van der Waals surface area contributed by atoms with Crippen LogP contribution >= 0.6 is 0 Å². The van der Waals surface area contributed by atoms with Crippen LogP contribution in [0.5, 0.6) is 5.75 Å². The van der Waals surface area contributed by atoms with E-state index in [0.717, 1.165) is 0 Å². The van der Waals surface area contributed by atoms with Crippen molar-refractivity contribution in [2.24, 2.45) is 10.2 Å². The van der Waals surface area contributed by atoms with Gasteiger partial charge in [-0.1, -0.05) is 0 Å². The first-order valence-corrected chi connectivity index (χ1v) is 4.95. The van der Waals surface area contributed by atoms with Gasteiger partial charge in [0.1, 0.15) is 5.75 Å². The third-order valence-corrected chi connectivity index (χ3v) is 2.25. The summed E-state index contributed by atoms with van der Waals surface area (Å²) in [6.07, 6.45) is 0. The average molecular weight is 234 g/mol. The van der Waals surface area contributed by atoms with Crippen LogP contribution in [0, 0.1) is 0 Å². The van der Waals surface area contributed by atoms with Crippen molar-refractivity contribution in [1.82, 2.24) is 0 Å². The highest BCUT2D eigenvalue weighted by atomic mass is 16.5. The molecule has 6 heteroatoms. The van der Waals surface area contributed by atoms with Crippen LogP contribution in [0.2, 0.25) is 0 Å². The summed E-state index contributed by atoms with van der Waals surface area (Å²) in [5, 5.41) is 7.48. The van der Waals surface area contributed by atoms with Crippen molar-refractivity contribution in [2.75, 3.05) is 13.7 Å². The van der Waals surface area contributed by atoms with E-state index in [9.17, 15) is 9.59 Å². The Kier molecular flexibility index (Phi) is 3.13. The summed E-state index contributed by atoms with van der Waals surface area (Å²) in [5.74, 6) is -0.320. The third-order valence-electron chi connectivity index (χ3n) is 2.25. The van der Waals surface area contributed by atoms with Crippen LogP contribution in [-0.2, 0) is 14.3 Å². The number of carbonyl (C=O) groups is 2. The molecule has 1 aliphatic heterocycles. The first-order valence-electron chi connectivity index (χ1n) is 4.95. The topological polar surface area (TPSA) is 77.3 Å². The number of Topliss-reactive ketones (excluding diaryl/α,β-unsaturated/α-hetero) is 1. The van der Waals surface area contributed by atoms with Crippen LogP contribution in [0.3, 0.4) is 0 Å². The molecule has 0 spiro atoms. The second kappa shape index (κ2) is 4.73. The van der Waals surface area contributed by atoms with E-state index in [1.807, 2.05) is 0 Å². The average Bonchev–Trinajstić information content (AvgIpc) is 2.67. The fourth-order valence-corrected chi connectivity index (χ4v) is 1.32. The SMILES string of the molecule is COc1ccc(N=NC2C(=O)COC2=O)cc1. The van der Waals surface area contributed by atoms with E-state index < -0.39 is 12.0 Å². The minimum absolute atomic E-state index is 0.217. The zero-order valence-corrected chi connectivity index (χ0v) is 9.12. The van der Waals surface area contributed by atoms with E-state index in [2.05, 4.69) is 15.0 Å². The summed E-state index contributed by atoms with van der Waals surface area (Å²) in [5.41, 5.74) is 0.540. The van der Waals surface area contributed by atoms with Crippen LogP contribution in [0.4, 0.5) is 5.69 Å². The zero-order valence-electron chi connectivity index (χ0n) is 9.12. The van der Waals surface area contributed by atoms with Crippen molar-refractivity contribution in [3.63, 3.8) is 0 Å². The number of ether oxygens (including phenoxy) is 2. The van der Waals surface area contributed by atoms with Crippen molar-refractivity contribution in [1.29, 1.82) is 0 Å². The molecule has 2 rings (SSSR count). The minimum atomic E-state index is -1.11. The number of ketones is 1. The molecule has 6 nitrogen and oxygen atoms in total. The van der Waals surface area contributed by atoms with Gasteiger partial charge in [0.25, 0.3) is 0 Å². The Morgan fingerprint density at radius 2 is 2.00 bits per heavy atom. The number of cyclic esters (lactones) is 1. The Labute approximate surface area is 97.2 Å². The third kappa shape index (κ3) is 2.47. The molecule has 1 aliphatic rings. The summed E-state index contributed by atoms with van der Waals surface area (Å²) in [6.45, 7) is -0.217. The highest BCUT2D eigenvalue weighted by molar-refractivity contribution is 6.08. The Morgan fingerprint density at radius 1 is 1.29 bits per heavy atom. The van der Waals surface area contributed by atoms with E-state index in [1.165, 1.54) is 0 Å². The molecular weight excluding hydrogens is 224 g/mol. The van der Waals surface area contributed by atoms with Gasteiger partial charge in [-0.3, -0.25) is 4.79 Å². The van der Waals surface area contributed by atoms with Crippen molar-refractivity contribution in [3.05, 3.63) is 24.3 Å². The second-order valence-electron chi connectivity index (χ2n) is 3.39. The molecule has 1 atom stereocenters. The van der Waals surface area contributed by atoms with Crippen LogP contribution in [-0.4, -0.2) is 31.5 Å². The molecule has 88 valence electrons. The van der Waals surface area contributed by atoms with Gasteiger partial charge in [-0.05, 0) is 24.3 Å². The van der Waals surface area contributed by atoms with Crippen LogP contribution in [0.25, 0.3) is 0 Å². The molecule has 1 heterocycles. The van der Waals surface area contributed by atoms with Gasteiger partial charge in [0.2, 0.25) is 11.8 Å². The smallest absolute Gasteiger partial charge is 0.341 e. The van der Waals surface area contributed by atoms with E-state index >= 15 is 0 Å². The second-order valence-corrected chi connectivity index (χ2v) is 3.39. The molecule has 1 fully saturated rings. The number of azo groups is 1. The predicted octanol–water partition coefficient (Wildman–Crippen LogP) is 1.27. The minimum Gasteiger partial charge on any atom is -0.497 e. The predicted molar refractivity (Wildman–Crippen MR) is 57.3 cm³/mol. The van der Waals surface area contributed by atoms with E-state index in [4.69, 9.17) is 4.74 Å². The van der Waals surface area contributed by atoms with Crippen molar-refractivity contribution < 1.29 is 19.1 Å². The number of benzene rings is 1. The number of esters is 1. The molecule has 0 amide bonds. The zero-order chi connectivity index (χ0) is 12.3. The summed E-state index contributed by atoms with van der Waals surface area (Å²) in [7, 11) is 1.56. The molecule has 0 aromatic heterocycles. The molecule has 0 radical (unpaired) electrons. The maximum Gasteiger partial charge on any atom is 0.341 e. The molecule has 0 N–H and O–H groups in total. The lowest BCUT2D eigenvalue weighted by atomic mass is 10.2. The van der Waals surface area contributed by atoms with Crippen molar-refractivity contribution in [3.8, 4) is 5.75 Å². The van der Waals surface area contributed by atoms with Gasteiger partial charge in [-0.15, -0.1) is 0 Å². The summed E-state index contributed by atoms with van der Waals surface area (Å²) in [4.78, 5) is 22.3. The summed E-state index contributed by atoms with van der Waals surface area (Å²) >= 11 is 0. The monoisotopic (exact) mass is 234 g/mol. The number of hydrogen-bond donors (Lipinski definition) is 0. The Hall–Kier alpha value is -2.24. The Morgan fingerprint density at radius 3 is 2.53 bits per heavy atom. The van der Waals surface area contributed by atoms with Crippen LogP contribution < -0.4 is 4.74 Å². The van der Waals surface area contributed by atoms with E-state index in [-0.39, 0.29) is 12.4 Å².